The Morgan fingerprint density at radius 2 is 0.868 bits per heavy atom. The smallest absolute Gasteiger partial charge is 0.323 e. The zero-order valence-corrected chi connectivity index (χ0v) is 40.9. The lowest BCUT2D eigenvalue weighted by atomic mass is 9.71. The maximum absolute atomic E-state index is 13.2. The van der Waals surface area contributed by atoms with Crippen LogP contribution in [0.15, 0.2) is 130 Å². The van der Waals surface area contributed by atoms with Crippen molar-refractivity contribution in [2.75, 3.05) is 26.2 Å². The molecule has 0 saturated heterocycles. The molecule has 0 aromatic carbocycles. The van der Waals surface area contributed by atoms with Crippen molar-refractivity contribution < 1.29 is 58.0 Å². The van der Waals surface area contributed by atoms with Crippen LogP contribution in [0.2, 0.25) is 0 Å². The number of allylic oxidation sites excluding steroid dienone is 20. The summed E-state index contributed by atoms with van der Waals surface area (Å²) >= 11 is 0. The summed E-state index contributed by atoms with van der Waals surface area (Å²) in [7, 11) is 0. The minimum absolute atomic E-state index is 0.0743. The maximum Gasteiger partial charge on any atom is 0.323 e. The molecule has 0 aliphatic heterocycles. The largest absolute Gasteiger partial charge is 0.480 e. The van der Waals surface area contributed by atoms with Gasteiger partial charge in [-0.2, -0.15) is 0 Å². The average molecular weight is 941 g/mol. The Bertz CT molecular complexity index is 2130. The summed E-state index contributed by atoms with van der Waals surface area (Å²) in [6.45, 7) is 18.1. The number of carbonyl (C=O) groups is 8. The van der Waals surface area contributed by atoms with E-state index in [9.17, 15) is 38.4 Å². The lowest BCUT2D eigenvalue weighted by Crippen LogP contribution is -2.41. The molecular formula is C52H68N4O12. The predicted octanol–water partition coefficient (Wildman–Crippen LogP) is 7.56. The van der Waals surface area contributed by atoms with E-state index in [1.807, 2.05) is 140 Å². The fraction of sp³-hybridized carbons (Fsp3) is 0.423. The molecule has 4 amide bonds. The molecule has 2 aliphatic carbocycles. The highest BCUT2D eigenvalue weighted by Gasteiger charge is 2.41. The first-order chi connectivity index (χ1) is 31.8. The number of esters is 2. The van der Waals surface area contributed by atoms with Gasteiger partial charge in [-0.1, -0.05) is 135 Å². The van der Waals surface area contributed by atoms with Crippen LogP contribution in [0, 0.1) is 10.8 Å². The predicted molar refractivity (Wildman–Crippen MR) is 260 cm³/mol. The minimum atomic E-state index is -1.20. The molecule has 0 aromatic rings. The number of Topliss-reactive ketones (excluding diaryl/α,β-unsaturated/α-hetero) is 2. The van der Waals surface area contributed by atoms with E-state index in [1.54, 1.807) is 13.8 Å². The van der Waals surface area contributed by atoms with E-state index >= 15 is 0 Å². The van der Waals surface area contributed by atoms with E-state index in [1.165, 1.54) is 0 Å². The Labute approximate surface area is 399 Å². The van der Waals surface area contributed by atoms with Gasteiger partial charge < -0.3 is 41.0 Å². The van der Waals surface area contributed by atoms with Crippen molar-refractivity contribution in [1.29, 1.82) is 0 Å². The zero-order valence-electron chi connectivity index (χ0n) is 40.9. The molecule has 2 atom stereocenters. The second kappa shape index (κ2) is 27.5. The van der Waals surface area contributed by atoms with E-state index in [0.29, 0.717) is 24.0 Å². The number of nitrogens with one attached hydrogen (secondary N) is 4. The Morgan fingerprint density at radius 1 is 0.544 bits per heavy atom. The summed E-state index contributed by atoms with van der Waals surface area (Å²) in [4.78, 5) is 95.6. The number of aliphatic carboxylic acids is 2. The van der Waals surface area contributed by atoms with E-state index in [2.05, 4.69) is 21.3 Å². The number of urea groups is 2. The van der Waals surface area contributed by atoms with Gasteiger partial charge >= 0.3 is 35.9 Å². The van der Waals surface area contributed by atoms with Crippen LogP contribution >= 0.6 is 0 Å². The summed E-state index contributed by atoms with van der Waals surface area (Å²) in [6, 6.07) is -1.45. The maximum atomic E-state index is 13.2. The van der Waals surface area contributed by atoms with Gasteiger partial charge in [-0.25, -0.2) is 9.59 Å². The van der Waals surface area contributed by atoms with Gasteiger partial charge in [0.1, 0.15) is 13.1 Å². The first-order valence-corrected chi connectivity index (χ1v) is 22.3. The summed E-state index contributed by atoms with van der Waals surface area (Å²) < 4.78 is 11.0. The monoisotopic (exact) mass is 940 g/mol. The third-order valence-electron chi connectivity index (χ3n) is 10.9. The summed E-state index contributed by atoms with van der Waals surface area (Å²) in [5.74, 6) is -4.23. The molecule has 0 aromatic heterocycles. The molecule has 2 unspecified atom stereocenters. The van der Waals surface area contributed by atoms with E-state index < -0.39 is 72.1 Å². The summed E-state index contributed by atoms with van der Waals surface area (Å²) in [6.07, 6.45) is 25.8. The molecule has 0 heterocycles. The van der Waals surface area contributed by atoms with Crippen LogP contribution in [-0.2, 0) is 38.2 Å². The van der Waals surface area contributed by atoms with Crippen molar-refractivity contribution in [2.45, 2.75) is 107 Å². The molecular weight excluding hydrogens is 873 g/mol. The number of carboxylic acid groups (broad SMARTS) is 2. The van der Waals surface area contributed by atoms with E-state index in [0.717, 1.165) is 33.4 Å². The number of ether oxygens (including phenoxy) is 2. The van der Waals surface area contributed by atoms with Crippen molar-refractivity contribution in [2.24, 2.45) is 10.8 Å². The second-order valence-electron chi connectivity index (χ2n) is 17.9. The molecule has 6 N–H and O–H groups in total. The molecule has 2 aliphatic rings. The number of ketones is 2. The van der Waals surface area contributed by atoms with E-state index in [-0.39, 0.29) is 37.5 Å². The highest BCUT2D eigenvalue weighted by molar-refractivity contribution is 6.02. The fourth-order valence-corrected chi connectivity index (χ4v) is 7.19. The summed E-state index contributed by atoms with van der Waals surface area (Å²) in [5.41, 5.74) is 5.81. The first kappa shape index (κ1) is 57.0. The topological polar surface area (TPSA) is 244 Å². The summed E-state index contributed by atoms with van der Waals surface area (Å²) in [5, 5.41) is 26.3. The average Bonchev–Trinajstić information content (AvgIpc) is 3.24. The molecule has 16 nitrogen and oxygen atoms in total. The molecule has 2 rings (SSSR count). The van der Waals surface area contributed by atoms with Crippen molar-refractivity contribution >= 4 is 47.5 Å². The highest BCUT2D eigenvalue weighted by Crippen LogP contribution is 2.42. The van der Waals surface area contributed by atoms with Crippen LogP contribution in [0.3, 0.4) is 0 Å². The normalized spacial score (nSPS) is 19.4. The molecule has 0 saturated carbocycles. The molecule has 0 spiro atoms. The number of hydrogen-bond acceptors (Lipinski definition) is 10. The number of hydrogen-bond donors (Lipinski definition) is 6. The van der Waals surface area contributed by atoms with E-state index in [4.69, 9.17) is 19.7 Å². The van der Waals surface area contributed by atoms with Crippen molar-refractivity contribution in [3.05, 3.63) is 130 Å². The zero-order chi connectivity index (χ0) is 51.2. The standard InChI is InChI=1S/C52H68N4O12/c1-33(17-13-19-35(3)21-23-39-37(5)47(63)41(29-51(39,7)8)67-45(61)25-27-53-49(65)55-31-43(57)58)15-11-12-16-34(2)18-14-20-36(4)22-24-40-38(6)48(64)42(30-52(40,9)10)68-46(62)26-28-54-50(66)56-32-44(59)60/h11-24,41-42H,25-32H2,1-10H3,(H,57,58)(H,59,60)(H2,53,55,65)(H2,54,56,66). The van der Waals surface area contributed by atoms with Gasteiger partial charge in [-0.05, 0) is 74.7 Å². The molecule has 68 heavy (non-hydrogen) atoms. The van der Waals surface area contributed by atoms with Crippen LogP contribution in [0.1, 0.15) is 94.9 Å². The van der Waals surface area contributed by atoms with Gasteiger partial charge in [0.05, 0.1) is 12.8 Å². The molecule has 368 valence electrons. The number of rotatable bonds is 22. The Hall–Kier alpha value is -7.10. The van der Waals surface area contributed by atoms with Crippen LogP contribution in [0.25, 0.3) is 0 Å². The van der Waals surface area contributed by atoms with Gasteiger partial charge in [0, 0.05) is 25.9 Å². The highest BCUT2D eigenvalue weighted by atomic mass is 16.6. The van der Waals surface area contributed by atoms with Crippen LogP contribution in [0.5, 0.6) is 0 Å². The van der Waals surface area contributed by atoms with Crippen LogP contribution < -0.4 is 21.3 Å². The second-order valence-corrected chi connectivity index (χ2v) is 17.9. The van der Waals surface area contributed by atoms with Gasteiger partial charge in [-0.15, -0.1) is 0 Å². The van der Waals surface area contributed by atoms with Gasteiger partial charge in [0.15, 0.2) is 23.8 Å². The third-order valence-corrected chi connectivity index (χ3v) is 10.9. The molecule has 0 radical (unpaired) electrons. The lowest BCUT2D eigenvalue weighted by Gasteiger charge is -2.36. The molecule has 16 heteroatoms. The molecule has 0 fully saturated rings. The van der Waals surface area contributed by atoms with Crippen LogP contribution in [0.4, 0.5) is 9.59 Å². The minimum Gasteiger partial charge on any atom is -0.480 e. The number of carboxylic acids is 2. The van der Waals surface area contributed by atoms with Gasteiger partial charge in [0.25, 0.3) is 0 Å². The number of carbonyl (C=O) groups excluding carboxylic acids is 6. The lowest BCUT2D eigenvalue weighted by molar-refractivity contribution is -0.156. The fourth-order valence-electron chi connectivity index (χ4n) is 7.19. The number of amides is 4. The Kier molecular flexibility index (Phi) is 23.1. The Morgan fingerprint density at radius 3 is 1.21 bits per heavy atom. The van der Waals surface area contributed by atoms with Crippen molar-refractivity contribution in [1.82, 2.24) is 21.3 Å². The quantitative estimate of drug-likeness (QED) is 0.0455. The van der Waals surface area contributed by atoms with Crippen LogP contribution in [-0.4, -0.2) is 96.1 Å². The Balaban J connectivity index is 1.92. The first-order valence-electron chi connectivity index (χ1n) is 22.3. The van der Waals surface area contributed by atoms with Crippen molar-refractivity contribution in [3.63, 3.8) is 0 Å². The third kappa shape index (κ3) is 20.6. The molecule has 0 bridgehead atoms. The van der Waals surface area contributed by atoms with Gasteiger partial charge in [0.2, 0.25) is 0 Å². The van der Waals surface area contributed by atoms with Gasteiger partial charge in [-0.3, -0.25) is 28.8 Å². The SMILES string of the molecule is CC(C=CC=C(C)C=CC1=C(C)C(=O)C(OC(=O)CCNC(=O)NCC(=O)O)CC1(C)C)=CC=CC=C(C)C=CC=C(C)C=CC1=C(C)C(=O)C(OC(=O)CCNC(=O)NCC(=O)O)CC1(C)C. The van der Waals surface area contributed by atoms with Crippen molar-refractivity contribution in [3.8, 4) is 0 Å².